The van der Waals surface area contributed by atoms with Gasteiger partial charge in [0.05, 0.1) is 0 Å². The van der Waals surface area contributed by atoms with Crippen LogP contribution in [0, 0.1) is 0 Å². The molecular formula is C10H24S2. The molecular weight excluding hydrogens is 184 g/mol. The van der Waals surface area contributed by atoms with Gasteiger partial charge in [-0.15, -0.1) is 0 Å². The van der Waals surface area contributed by atoms with Gasteiger partial charge >= 0.3 is 0 Å². The molecule has 2 heteroatoms. The van der Waals surface area contributed by atoms with Crippen molar-refractivity contribution >= 4 is 23.5 Å². The van der Waals surface area contributed by atoms with Crippen LogP contribution in [-0.2, 0) is 0 Å². The van der Waals surface area contributed by atoms with Gasteiger partial charge in [0, 0.05) is 9.49 Å². The van der Waals surface area contributed by atoms with Crippen molar-refractivity contribution < 1.29 is 0 Å². The molecule has 0 aromatic heterocycles. The Bertz CT molecular complexity index is 81.4. The van der Waals surface area contributed by atoms with Crippen LogP contribution in [0.4, 0.5) is 0 Å². The fraction of sp³-hybridized carbons (Fsp3) is 1.00. The normalized spacial score (nSPS) is 12.0. The summed E-state index contributed by atoms with van der Waals surface area (Å²) in [4.78, 5) is 0. The fourth-order valence-corrected chi connectivity index (χ4v) is 0. The van der Waals surface area contributed by atoms with E-state index in [1.807, 2.05) is 23.5 Å². The maximum Gasteiger partial charge on any atom is 0.00723 e. The van der Waals surface area contributed by atoms with Crippen molar-refractivity contribution in [1.29, 1.82) is 0 Å². The van der Waals surface area contributed by atoms with Crippen LogP contribution in [0.3, 0.4) is 0 Å². The van der Waals surface area contributed by atoms with Gasteiger partial charge in [-0.2, -0.15) is 23.5 Å². The van der Waals surface area contributed by atoms with E-state index in [2.05, 4.69) is 54.1 Å². The van der Waals surface area contributed by atoms with Crippen molar-refractivity contribution in [2.45, 2.75) is 51.0 Å². The smallest absolute Gasteiger partial charge is 0.00723 e. The Balaban J connectivity index is 0. The Hall–Kier alpha value is 0.700. The lowest BCUT2D eigenvalue weighted by Crippen LogP contribution is -2.04. The third-order valence-corrected chi connectivity index (χ3v) is 3.67. The number of rotatable bonds is 0. The minimum atomic E-state index is 0.458. The van der Waals surface area contributed by atoms with Crippen LogP contribution in [0.2, 0.25) is 0 Å². The Labute approximate surface area is 87.3 Å². The molecule has 0 aliphatic heterocycles. The second-order valence-electron chi connectivity index (χ2n) is 4.63. The quantitative estimate of drug-likeness (QED) is 0.582. The summed E-state index contributed by atoms with van der Waals surface area (Å²) in [6.45, 7) is 13.2. The van der Waals surface area contributed by atoms with Crippen LogP contribution < -0.4 is 0 Å². The first-order valence-corrected chi connectivity index (χ1v) is 6.67. The third kappa shape index (κ3) is 22.4. The zero-order valence-corrected chi connectivity index (χ0v) is 11.4. The number of hydrogen-bond acceptors (Lipinski definition) is 2. The molecule has 0 atom stereocenters. The highest BCUT2D eigenvalue weighted by Crippen LogP contribution is 2.18. The Kier molecular flexibility index (Phi) is 7.84. The van der Waals surface area contributed by atoms with E-state index in [1.54, 1.807) is 0 Å². The topological polar surface area (TPSA) is 0 Å². The zero-order valence-electron chi connectivity index (χ0n) is 9.82. The largest absolute Gasteiger partial charge is 0.159 e. The van der Waals surface area contributed by atoms with E-state index >= 15 is 0 Å². The van der Waals surface area contributed by atoms with Crippen molar-refractivity contribution in [3.63, 3.8) is 0 Å². The summed E-state index contributed by atoms with van der Waals surface area (Å²) >= 11 is 3.76. The monoisotopic (exact) mass is 208 g/mol. The molecule has 0 aliphatic carbocycles. The minimum Gasteiger partial charge on any atom is -0.159 e. The summed E-state index contributed by atoms with van der Waals surface area (Å²) in [6, 6.07) is 0. The summed E-state index contributed by atoms with van der Waals surface area (Å²) < 4.78 is 0.917. The van der Waals surface area contributed by atoms with Gasteiger partial charge in [-0.05, 0) is 12.5 Å². The highest BCUT2D eigenvalue weighted by molar-refractivity contribution is 8.00. The average Bonchev–Trinajstić information content (AvgIpc) is 1.86. The van der Waals surface area contributed by atoms with Gasteiger partial charge in [0.2, 0.25) is 0 Å². The van der Waals surface area contributed by atoms with E-state index in [4.69, 9.17) is 0 Å². The molecule has 0 heterocycles. The average molecular weight is 208 g/mol. The molecule has 0 aromatic carbocycles. The summed E-state index contributed by atoms with van der Waals surface area (Å²) in [7, 11) is 0. The Morgan fingerprint density at radius 1 is 0.583 bits per heavy atom. The summed E-state index contributed by atoms with van der Waals surface area (Å²) in [5, 5.41) is 0. The van der Waals surface area contributed by atoms with Crippen molar-refractivity contribution in [1.82, 2.24) is 0 Å². The predicted octanol–water partition coefficient (Wildman–Crippen LogP) is 4.30. The molecule has 0 bridgehead atoms. The first-order valence-electron chi connectivity index (χ1n) is 4.22. The van der Waals surface area contributed by atoms with Crippen LogP contribution >= 0.6 is 23.5 Å². The third-order valence-electron chi connectivity index (χ3n) is 1.22. The second-order valence-corrected chi connectivity index (χ2v) is 7.90. The van der Waals surface area contributed by atoms with E-state index in [1.165, 1.54) is 0 Å². The molecule has 0 spiro atoms. The second kappa shape index (κ2) is 6.20. The van der Waals surface area contributed by atoms with Gasteiger partial charge < -0.3 is 0 Å². The molecule has 0 aromatic rings. The molecule has 76 valence electrons. The van der Waals surface area contributed by atoms with Gasteiger partial charge in [0.25, 0.3) is 0 Å². The molecule has 0 rings (SSSR count). The standard InChI is InChI=1S/2C5H12S/c2*1-5(2,3)6-4/h2*1-4H3. The molecule has 0 unspecified atom stereocenters. The van der Waals surface area contributed by atoms with E-state index < -0.39 is 0 Å². The lowest BCUT2D eigenvalue weighted by molar-refractivity contribution is 0.806. The molecule has 0 saturated heterocycles. The van der Waals surface area contributed by atoms with Gasteiger partial charge in [-0.1, -0.05) is 41.5 Å². The molecule has 0 N–H and O–H groups in total. The molecule has 12 heavy (non-hydrogen) atoms. The Morgan fingerprint density at radius 2 is 0.667 bits per heavy atom. The lowest BCUT2D eigenvalue weighted by atomic mass is 10.3. The van der Waals surface area contributed by atoms with Crippen molar-refractivity contribution in [2.75, 3.05) is 12.5 Å². The van der Waals surface area contributed by atoms with E-state index in [-0.39, 0.29) is 0 Å². The minimum absolute atomic E-state index is 0.458. The molecule has 0 radical (unpaired) electrons. The highest BCUT2D eigenvalue weighted by atomic mass is 32.2. The first kappa shape index (κ1) is 15.2. The lowest BCUT2D eigenvalue weighted by Gasteiger charge is -2.12. The van der Waals surface area contributed by atoms with Crippen LogP contribution in [0.25, 0.3) is 0 Å². The molecule has 0 aliphatic rings. The summed E-state index contributed by atoms with van der Waals surface area (Å²) in [5.74, 6) is 0. The van der Waals surface area contributed by atoms with Crippen LogP contribution in [0.5, 0.6) is 0 Å². The maximum atomic E-state index is 2.21. The van der Waals surface area contributed by atoms with E-state index in [9.17, 15) is 0 Å². The van der Waals surface area contributed by atoms with Crippen LogP contribution in [0.1, 0.15) is 41.5 Å². The SMILES string of the molecule is CSC(C)(C)C.CSC(C)(C)C. The number of thioether (sulfide) groups is 2. The first-order chi connectivity index (χ1) is 5.12. The fourth-order valence-electron chi connectivity index (χ4n) is 0. The summed E-state index contributed by atoms with van der Waals surface area (Å²) in [6.07, 6.45) is 4.25. The van der Waals surface area contributed by atoms with E-state index in [0.29, 0.717) is 9.49 Å². The van der Waals surface area contributed by atoms with Gasteiger partial charge in [-0.3, -0.25) is 0 Å². The highest BCUT2D eigenvalue weighted by Gasteiger charge is 2.04. The number of hydrogen-bond donors (Lipinski definition) is 0. The van der Waals surface area contributed by atoms with Crippen LogP contribution in [0.15, 0.2) is 0 Å². The van der Waals surface area contributed by atoms with Gasteiger partial charge in [0.1, 0.15) is 0 Å². The Morgan fingerprint density at radius 3 is 0.667 bits per heavy atom. The molecule has 0 nitrogen and oxygen atoms in total. The van der Waals surface area contributed by atoms with Gasteiger partial charge in [-0.25, -0.2) is 0 Å². The van der Waals surface area contributed by atoms with Crippen molar-refractivity contribution in [3.05, 3.63) is 0 Å². The predicted molar refractivity (Wildman–Crippen MR) is 66.5 cm³/mol. The maximum absolute atomic E-state index is 2.21. The molecule has 0 amide bonds. The van der Waals surface area contributed by atoms with E-state index in [0.717, 1.165) is 0 Å². The van der Waals surface area contributed by atoms with Crippen molar-refractivity contribution in [2.24, 2.45) is 0 Å². The molecule has 0 saturated carbocycles. The zero-order chi connectivity index (χ0) is 10.4. The summed E-state index contributed by atoms with van der Waals surface area (Å²) in [5.41, 5.74) is 0. The molecule has 0 fully saturated rings. The van der Waals surface area contributed by atoms with Crippen LogP contribution in [-0.4, -0.2) is 22.0 Å². The van der Waals surface area contributed by atoms with Crippen molar-refractivity contribution in [3.8, 4) is 0 Å². The van der Waals surface area contributed by atoms with Gasteiger partial charge in [0.15, 0.2) is 0 Å².